The zero-order chi connectivity index (χ0) is 15.9. The van der Waals surface area contributed by atoms with Gasteiger partial charge in [-0.05, 0) is 61.6 Å². The summed E-state index contributed by atoms with van der Waals surface area (Å²) in [6.45, 7) is 3.12. The molecule has 0 aliphatic heterocycles. The fraction of sp³-hybridized carbons (Fsp3) is 0.381. The van der Waals surface area contributed by atoms with E-state index in [1.165, 1.54) is 43.4 Å². The Morgan fingerprint density at radius 1 is 1.04 bits per heavy atom. The van der Waals surface area contributed by atoms with E-state index < -0.39 is 0 Å². The minimum Gasteiger partial charge on any atom is -0.385 e. The van der Waals surface area contributed by atoms with Crippen LogP contribution in [0.5, 0.6) is 0 Å². The van der Waals surface area contributed by atoms with E-state index in [9.17, 15) is 0 Å². The zero-order valence-electron chi connectivity index (χ0n) is 14.0. The molecule has 0 atom stereocenters. The molecule has 1 aromatic heterocycles. The van der Waals surface area contributed by atoms with Crippen molar-refractivity contribution in [2.45, 2.75) is 39.0 Å². The van der Waals surface area contributed by atoms with E-state index in [4.69, 9.17) is 0 Å². The first-order chi connectivity index (χ1) is 11.3. The average molecular weight is 306 g/mol. The van der Waals surface area contributed by atoms with Crippen molar-refractivity contribution in [2.75, 3.05) is 11.9 Å². The molecular formula is C21H26N2. The van der Waals surface area contributed by atoms with Gasteiger partial charge in [-0.3, -0.25) is 4.98 Å². The third-order valence-electron chi connectivity index (χ3n) is 4.56. The number of nitrogens with zero attached hydrogens (tertiary/aromatic N) is 1. The van der Waals surface area contributed by atoms with Gasteiger partial charge in [-0.1, -0.05) is 43.5 Å². The summed E-state index contributed by atoms with van der Waals surface area (Å²) in [5, 5.41) is 3.61. The molecule has 3 rings (SSSR count). The SMILES string of the molecule is Cc1cccc(/C=C/c2cccc(NCC3CCCCC3)c2)n1. The van der Waals surface area contributed by atoms with Crippen LogP contribution in [0.1, 0.15) is 49.1 Å². The van der Waals surface area contributed by atoms with Gasteiger partial charge >= 0.3 is 0 Å². The van der Waals surface area contributed by atoms with E-state index in [2.05, 4.69) is 46.7 Å². The Kier molecular flexibility index (Phi) is 5.46. The summed E-state index contributed by atoms with van der Waals surface area (Å²) in [5.41, 5.74) is 4.48. The van der Waals surface area contributed by atoms with Crippen molar-refractivity contribution in [1.29, 1.82) is 0 Å². The highest BCUT2D eigenvalue weighted by Gasteiger charge is 2.12. The van der Waals surface area contributed by atoms with Gasteiger partial charge in [0.05, 0.1) is 5.69 Å². The molecular weight excluding hydrogens is 280 g/mol. The zero-order valence-corrected chi connectivity index (χ0v) is 14.0. The van der Waals surface area contributed by atoms with Crippen LogP contribution in [0.25, 0.3) is 12.2 Å². The molecule has 0 radical (unpaired) electrons. The van der Waals surface area contributed by atoms with Crippen LogP contribution in [0.15, 0.2) is 42.5 Å². The summed E-state index contributed by atoms with van der Waals surface area (Å²) in [6, 6.07) is 14.7. The molecule has 1 saturated carbocycles. The number of anilines is 1. The fourth-order valence-corrected chi connectivity index (χ4v) is 3.24. The Hall–Kier alpha value is -2.09. The van der Waals surface area contributed by atoms with Gasteiger partial charge in [-0.2, -0.15) is 0 Å². The second kappa shape index (κ2) is 7.96. The van der Waals surface area contributed by atoms with Crippen LogP contribution in [0, 0.1) is 12.8 Å². The molecule has 0 bridgehead atoms. The van der Waals surface area contributed by atoms with E-state index in [1.54, 1.807) is 0 Å². The second-order valence-corrected chi connectivity index (χ2v) is 6.55. The number of hydrogen-bond donors (Lipinski definition) is 1. The third kappa shape index (κ3) is 4.95. The molecule has 0 unspecified atom stereocenters. The van der Waals surface area contributed by atoms with Gasteiger partial charge < -0.3 is 5.32 Å². The Labute approximate surface area is 139 Å². The Balaban J connectivity index is 1.60. The first-order valence-corrected chi connectivity index (χ1v) is 8.75. The molecule has 1 fully saturated rings. The highest BCUT2D eigenvalue weighted by Crippen LogP contribution is 2.24. The lowest BCUT2D eigenvalue weighted by Crippen LogP contribution is -2.17. The summed E-state index contributed by atoms with van der Waals surface area (Å²) in [5.74, 6) is 0.847. The Morgan fingerprint density at radius 2 is 1.87 bits per heavy atom. The lowest BCUT2D eigenvalue weighted by Gasteiger charge is -2.22. The van der Waals surface area contributed by atoms with E-state index >= 15 is 0 Å². The van der Waals surface area contributed by atoms with Crippen LogP contribution in [-0.4, -0.2) is 11.5 Å². The highest BCUT2D eigenvalue weighted by atomic mass is 14.9. The fourth-order valence-electron chi connectivity index (χ4n) is 3.24. The highest BCUT2D eigenvalue weighted by molar-refractivity contribution is 5.70. The van der Waals surface area contributed by atoms with Crippen molar-refractivity contribution in [3.63, 3.8) is 0 Å². The van der Waals surface area contributed by atoms with Crippen LogP contribution >= 0.6 is 0 Å². The van der Waals surface area contributed by atoms with Crippen molar-refractivity contribution < 1.29 is 0 Å². The number of nitrogens with one attached hydrogen (secondary N) is 1. The first-order valence-electron chi connectivity index (χ1n) is 8.75. The molecule has 2 nitrogen and oxygen atoms in total. The largest absolute Gasteiger partial charge is 0.385 e. The molecule has 120 valence electrons. The lowest BCUT2D eigenvalue weighted by molar-refractivity contribution is 0.373. The van der Waals surface area contributed by atoms with Crippen LogP contribution in [0.4, 0.5) is 5.69 Å². The van der Waals surface area contributed by atoms with Crippen LogP contribution in [0.3, 0.4) is 0 Å². The van der Waals surface area contributed by atoms with E-state index in [0.29, 0.717) is 0 Å². The summed E-state index contributed by atoms with van der Waals surface area (Å²) >= 11 is 0. The van der Waals surface area contributed by atoms with Crippen molar-refractivity contribution >= 4 is 17.8 Å². The van der Waals surface area contributed by atoms with Crippen LogP contribution in [-0.2, 0) is 0 Å². The van der Waals surface area contributed by atoms with Crippen LogP contribution in [0.2, 0.25) is 0 Å². The maximum Gasteiger partial charge on any atom is 0.0633 e. The maximum absolute atomic E-state index is 4.51. The van der Waals surface area contributed by atoms with Gasteiger partial charge in [-0.25, -0.2) is 0 Å². The predicted molar refractivity (Wildman–Crippen MR) is 99.4 cm³/mol. The normalized spacial score (nSPS) is 15.9. The maximum atomic E-state index is 4.51. The summed E-state index contributed by atoms with van der Waals surface area (Å²) in [7, 11) is 0. The summed E-state index contributed by atoms with van der Waals surface area (Å²) in [4.78, 5) is 4.51. The van der Waals surface area contributed by atoms with Crippen molar-refractivity contribution in [1.82, 2.24) is 4.98 Å². The number of aromatic nitrogens is 1. The van der Waals surface area contributed by atoms with Crippen LogP contribution < -0.4 is 5.32 Å². The van der Waals surface area contributed by atoms with Gasteiger partial charge in [0.1, 0.15) is 0 Å². The number of benzene rings is 1. The minimum atomic E-state index is 0.847. The van der Waals surface area contributed by atoms with Crippen molar-refractivity contribution in [3.05, 3.63) is 59.4 Å². The third-order valence-corrected chi connectivity index (χ3v) is 4.56. The Morgan fingerprint density at radius 3 is 2.70 bits per heavy atom. The number of rotatable bonds is 5. The molecule has 1 aromatic carbocycles. The number of hydrogen-bond acceptors (Lipinski definition) is 2. The standard InChI is InChI=1S/C21H26N2/c1-17-7-5-11-20(23-17)14-13-18-10-6-12-21(15-18)22-16-19-8-3-2-4-9-19/h5-7,10-15,19,22H,2-4,8-9,16H2,1H3/b14-13+. The second-order valence-electron chi connectivity index (χ2n) is 6.55. The molecule has 0 spiro atoms. The lowest BCUT2D eigenvalue weighted by atomic mass is 9.89. The van der Waals surface area contributed by atoms with E-state index in [1.807, 2.05) is 25.1 Å². The molecule has 23 heavy (non-hydrogen) atoms. The molecule has 1 aliphatic rings. The molecule has 0 amide bonds. The van der Waals surface area contributed by atoms with E-state index in [0.717, 1.165) is 23.9 Å². The topological polar surface area (TPSA) is 24.9 Å². The van der Waals surface area contributed by atoms with Crippen molar-refractivity contribution in [2.24, 2.45) is 5.92 Å². The molecule has 2 heteroatoms. The van der Waals surface area contributed by atoms with Gasteiger partial charge in [0, 0.05) is 17.9 Å². The minimum absolute atomic E-state index is 0.847. The van der Waals surface area contributed by atoms with Gasteiger partial charge in [0.2, 0.25) is 0 Å². The van der Waals surface area contributed by atoms with Crippen molar-refractivity contribution in [3.8, 4) is 0 Å². The summed E-state index contributed by atoms with van der Waals surface area (Å²) in [6.07, 6.45) is 11.2. The smallest absolute Gasteiger partial charge is 0.0633 e. The molecule has 2 aromatic rings. The van der Waals surface area contributed by atoms with E-state index in [-0.39, 0.29) is 0 Å². The quantitative estimate of drug-likeness (QED) is 0.783. The van der Waals surface area contributed by atoms with Gasteiger partial charge in [-0.15, -0.1) is 0 Å². The summed E-state index contributed by atoms with van der Waals surface area (Å²) < 4.78 is 0. The first kappa shape index (κ1) is 15.8. The molecule has 1 aliphatic carbocycles. The Bertz CT molecular complexity index is 654. The predicted octanol–water partition coefficient (Wildman–Crippen LogP) is 5.55. The van der Waals surface area contributed by atoms with Gasteiger partial charge in [0.15, 0.2) is 0 Å². The van der Waals surface area contributed by atoms with Gasteiger partial charge in [0.25, 0.3) is 0 Å². The number of aryl methyl sites for hydroxylation is 1. The number of pyridine rings is 1. The molecule has 1 N–H and O–H groups in total. The monoisotopic (exact) mass is 306 g/mol. The molecule has 0 saturated heterocycles. The average Bonchev–Trinajstić information content (AvgIpc) is 2.60. The molecule has 1 heterocycles.